The minimum absolute atomic E-state index is 0.0101. The number of aryl methyl sites for hydroxylation is 1. The van der Waals surface area contributed by atoms with Crippen LogP contribution < -0.4 is 15.5 Å². The number of amides is 1. The van der Waals surface area contributed by atoms with Gasteiger partial charge in [-0.05, 0) is 62.1 Å². The molecule has 2 aromatic carbocycles. The number of pyridine rings is 1. The molecule has 1 saturated carbocycles. The number of carbonyl (C=O) groups excluding carboxylic acids is 1. The molecule has 1 saturated heterocycles. The maximum atomic E-state index is 13.4. The lowest BCUT2D eigenvalue weighted by Crippen LogP contribution is -2.49. The number of carbonyl (C=O) groups is 1. The van der Waals surface area contributed by atoms with Crippen LogP contribution in [0.5, 0.6) is 0 Å². The van der Waals surface area contributed by atoms with Crippen molar-refractivity contribution in [1.82, 2.24) is 15.6 Å². The van der Waals surface area contributed by atoms with Gasteiger partial charge in [0.1, 0.15) is 0 Å². The van der Waals surface area contributed by atoms with Gasteiger partial charge < -0.3 is 15.5 Å². The number of aromatic nitrogens is 1. The van der Waals surface area contributed by atoms with E-state index in [4.69, 9.17) is 0 Å². The third kappa shape index (κ3) is 3.43. The van der Waals surface area contributed by atoms with E-state index in [2.05, 4.69) is 57.8 Å². The molecular formula is C25H28N4O. The van der Waals surface area contributed by atoms with E-state index in [0.29, 0.717) is 6.04 Å². The normalized spacial score (nSPS) is 20.2. The van der Waals surface area contributed by atoms with Crippen molar-refractivity contribution in [3.8, 4) is 0 Å². The molecule has 154 valence electrons. The monoisotopic (exact) mass is 400 g/mol. The highest BCUT2D eigenvalue weighted by Crippen LogP contribution is 2.47. The van der Waals surface area contributed by atoms with Crippen molar-refractivity contribution >= 4 is 22.5 Å². The lowest BCUT2D eigenvalue weighted by atomic mass is 9.99. The molecule has 1 aromatic heterocycles. The molecule has 2 heterocycles. The molecule has 30 heavy (non-hydrogen) atoms. The Morgan fingerprint density at radius 3 is 2.83 bits per heavy atom. The number of piperazine rings is 1. The number of nitrogens with one attached hydrogen (secondary N) is 2. The first-order chi connectivity index (χ1) is 14.6. The molecule has 5 heteroatoms. The first-order valence-corrected chi connectivity index (χ1v) is 10.8. The second-order valence-electron chi connectivity index (χ2n) is 8.71. The summed E-state index contributed by atoms with van der Waals surface area (Å²) in [5.41, 5.74) is 4.76. The average Bonchev–Trinajstić information content (AvgIpc) is 3.54. The van der Waals surface area contributed by atoms with Crippen LogP contribution in [0.2, 0.25) is 0 Å². The van der Waals surface area contributed by atoms with E-state index in [1.807, 2.05) is 31.3 Å². The highest BCUT2D eigenvalue weighted by Gasteiger charge is 2.46. The first kappa shape index (κ1) is 19.1. The van der Waals surface area contributed by atoms with Crippen LogP contribution in [0.1, 0.15) is 41.3 Å². The van der Waals surface area contributed by atoms with Crippen LogP contribution in [-0.4, -0.2) is 36.6 Å². The van der Waals surface area contributed by atoms with E-state index in [-0.39, 0.29) is 11.4 Å². The minimum Gasteiger partial charge on any atom is -0.369 e. The fraction of sp³-hybridized carbons (Fsp3) is 0.360. The number of fused-ring (bicyclic) bond motifs is 1. The molecule has 2 aliphatic rings. The average molecular weight is 401 g/mol. The molecule has 0 radical (unpaired) electrons. The summed E-state index contributed by atoms with van der Waals surface area (Å²) in [6.07, 6.45) is 3.77. The topological polar surface area (TPSA) is 57.3 Å². The van der Waals surface area contributed by atoms with E-state index in [1.54, 1.807) is 0 Å². The van der Waals surface area contributed by atoms with Crippen molar-refractivity contribution in [2.45, 2.75) is 38.3 Å². The van der Waals surface area contributed by atoms with Gasteiger partial charge in [-0.1, -0.05) is 24.3 Å². The van der Waals surface area contributed by atoms with Gasteiger partial charge in [-0.2, -0.15) is 0 Å². The molecule has 0 spiro atoms. The van der Waals surface area contributed by atoms with Crippen LogP contribution in [-0.2, 0) is 5.54 Å². The van der Waals surface area contributed by atoms with Crippen molar-refractivity contribution in [2.24, 2.45) is 0 Å². The van der Waals surface area contributed by atoms with Crippen molar-refractivity contribution in [2.75, 3.05) is 24.5 Å². The zero-order valence-corrected chi connectivity index (χ0v) is 17.6. The van der Waals surface area contributed by atoms with Gasteiger partial charge in [-0.25, -0.2) is 0 Å². The van der Waals surface area contributed by atoms with Crippen molar-refractivity contribution in [1.29, 1.82) is 0 Å². The molecular weight excluding hydrogens is 372 g/mol. The second-order valence-corrected chi connectivity index (χ2v) is 8.71. The fourth-order valence-electron chi connectivity index (χ4n) is 4.60. The predicted molar refractivity (Wildman–Crippen MR) is 121 cm³/mol. The Morgan fingerprint density at radius 2 is 2.03 bits per heavy atom. The molecule has 2 N–H and O–H groups in total. The quantitative estimate of drug-likeness (QED) is 0.700. The van der Waals surface area contributed by atoms with Gasteiger partial charge in [-0.15, -0.1) is 0 Å². The van der Waals surface area contributed by atoms with Gasteiger partial charge in [0, 0.05) is 48.5 Å². The smallest absolute Gasteiger partial charge is 0.252 e. The molecule has 1 amide bonds. The Hall–Kier alpha value is -2.92. The Morgan fingerprint density at radius 1 is 1.20 bits per heavy atom. The Labute approximate surface area is 177 Å². The van der Waals surface area contributed by atoms with E-state index < -0.39 is 0 Å². The largest absolute Gasteiger partial charge is 0.369 e. The second kappa shape index (κ2) is 7.40. The molecule has 1 unspecified atom stereocenters. The van der Waals surface area contributed by atoms with Gasteiger partial charge in [0.05, 0.1) is 11.1 Å². The number of para-hydroxylation sites is 1. The molecule has 5 nitrogen and oxygen atoms in total. The predicted octanol–water partition coefficient (Wildman–Crippen LogP) is 3.76. The molecule has 5 rings (SSSR count). The van der Waals surface area contributed by atoms with Gasteiger partial charge in [-0.3, -0.25) is 9.78 Å². The number of hydrogen-bond donors (Lipinski definition) is 2. The zero-order chi connectivity index (χ0) is 20.7. The summed E-state index contributed by atoms with van der Waals surface area (Å²) in [6, 6.07) is 16.9. The lowest BCUT2D eigenvalue weighted by molar-refractivity contribution is 0.0930. The van der Waals surface area contributed by atoms with Crippen molar-refractivity contribution in [3.63, 3.8) is 0 Å². The third-order valence-electron chi connectivity index (χ3n) is 6.47. The van der Waals surface area contributed by atoms with Crippen LogP contribution in [0, 0.1) is 6.92 Å². The summed E-state index contributed by atoms with van der Waals surface area (Å²) in [6.45, 7) is 7.09. The summed E-state index contributed by atoms with van der Waals surface area (Å²) in [7, 11) is 0. The van der Waals surface area contributed by atoms with Gasteiger partial charge in [0.15, 0.2) is 0 Å². The Kier molecular flexibility index (Phi) is 4.70. The number of anilines is 1. The summed E-state index contributed by atoms with van der Waals surface area (Å²) < 4.78 is 0. The third-order valence-corrected chi connectivity index (χ3v) is 6.47. The Balaban J connectivity index is 1.43. The maximum absolute atomic E-state index is 13.4. The summed E-state index contributed by atoms with van der Waals surface area (Å²) in [4.78, 5) is 20.2. The standard InChI is InChI=1S/C25H28N4O/c1-17-7-8-19(29-14-13-26-18(2)16-29)15-21(17)24(30)28-25(10-11-25)22-9-12-27-23-6-4-3-5-20(22)23/h3-9,12,15,18,26H,10-11,13-14,16H2,1-2H3,(H,28,30). The van der Waals surface area contributed by atoms with Gasteiger partial charge >= 0.3 is 0 Å². The van der Waals surface area contributed by atoms with Crippen LogP contribution >= 0.6 is 0 Å². The molecule has 1 aliphatic carbocycles. The molecule has 3 aromatic rings. The number of hydrogen-bond acceptors (Lipinski definition) is 4. The first-order valence-electron chi connectivity index (χ1n) is 10.8. The zero-order valence-electron chi connectivity index (χ0n) is 17.6. The number of benzene rings is 2. The van der Waals surface area contributed by atoms with Crippen LogP contribution in [0.15, 0.2) is 54.7 Å². The highest BCUT2D eigenvalue weighted by atomic mass is 16.1. The van der Waals surface area contributed by atoms with E-state index in [9.17, 15) is 4.79 Å². The molecule has 1 atom stereocenters. The molecule has 2 fully saturated rings. The fourth-order valence-corrected chi connectivity index (χ4v) is 4.60. The maximum Gasteiger partial charge on any atom is 0.252 e. The molecule has 0 bridgehead atoms. The van der Waals surface area contributed by atoms with Crippen LogP contribution in [0.4, 0.5) is 5.69 Å². The summed E-state index contributed by atoms with van der Waals surface area (Å²) in [5.74, 6) is 0.0101. The van der Waals surface area contributed by atoms with Crippen LogP contribution in [0.25, 0.3) is 10.9 Å². The van der Waals surface area contributed by atoms with Crippen LogP contribution in [0.3, 0.4) is 0 Å². The Bertz CT molecular complexity index is 1100. The van der Waals surface area contributed by atoms with Gasteiger partial charge in [0.2, 0.25) is 0 Å². The lowest BCUT2D eigenvalue weighted by Gasteiger charge is -2.34. The summed E-state index contributed by atoms with van der Waals surface area (Å²) >= 11 is 0. The highest BCUT2D eigenvalue weighted by molar-refractivity contribution is 5.98. The van der Waals surface area contributed by atoms with E-state index >= 15 is 0 Å². The van der Waals surface area contributed by atoms with Crippen molar-refractivity contribution in [3.05, 3.63) is 71.4 Å². The van der Waals surface area contributed by atoms with Crippen molar-refractivity contribution < 1.29 is 4.79 Å². The number of rotatable bonds is 4. The van der Waals surface area contributed by atoms with E-state index in [1.165, 1.54) is 5.56 Å². The van der Waals surface area contributed by atoms with E-state index in [0.717, 1.165) is 60.2 Å². The SMILES string of the molecule is Cc1ccc(N2CCNC(C)C2)cc1C(=O)NC1(c2ccnc3ccccc23)CC1. The summed E-state index contributed by atoms with van der Waals surface area (Å²) in [5, 5.41) is 7.97. The number of nitrogens with zero attached hydrogens (tertiary/aromatic N) is 2. The molecule has 1 aliphatic heterocycles. The van der Waals surface area contributed by atoms with Gasteiger partial charge in [0.25, 0.3) is 5.91 Å². The minimum atomic E-state index is -0.286.